The summed E-state index contributed by atoms with van der Waals surface area (Å²) in [5, 5.41) is 9.34. The van der Waals surface area contributed by atoms with Crippen LogP contribution in [0.2, 0.25) is 0 Å². The van der Waals surface area contributed by atoms with E-state index in [1.165, 1.54) is 0 Å². The zero-order valence-electron chi connectivity index (χ0n) is 8.21. The second-order valence-electron chi connectivity index (χ2n) is 3.36. The van der Waals surface area contributed by atoms with Crippen molar-refractivity contribution in [1.29, 1.82) is 0 Å². The fourth-order valence-electron chi connectivity index (χ4n) is 0.925. The van der Waals surface area contributed by atoms with Crippen LogP contribution in [0.3, 0.4) is 0 Å². The highest BCUT2D eigenvalue weighted by Crippen LogP contribution is 2.09. The maximum absolute atomic E-state index is 9.34. The first kappa shape index (κ1) is 11.5. The average molecular weight is 171 g/mol. The maximum Gasteiger partial charge on any atom is 0.0882 e. The Morgan fingerprint density at radius 1 is 1.58 bits per heavy atom. The van der Waals surface area contributed by atoms with Gasteiger partial charge in [-0.1, -0.05) is 20.3 Å². The third kappa shape index (κ3) is 6.23. The van der Waals surface area contributed by atoms with Crippen LogP contribution < -0.4 is 5.73 Å². The van der Waals surface area contributed by atoms with Crippen LogP contribution in [0.4, 0.5) is 0 Å². The SMILES string of the molecule is CCC/C=C(/O)CCC(C)CN. The highest BCUT2D eigenvalue weighted by molar-refractivity contribution is 4.90. The molecular formula is C10H21NO. The molecule has 2 heteroatoms. The molecule has 0 fully saturated rings. The van der Waals surface area contributed by atoms with E-state index in [1.807, 2.05) is 6.08 Å². The van der Waals surface area contributed by atoms with Crippen molar-refractivity contribution in [2.75, 3.05) is 6.54 Å². The van der Waals surface area contributed by atoms with Gasteiger partial charge in [-0.2, -0.15) is 0 Å². The molecule has 0 amide bonds. The van der Waals surface area contributed by atoms with Crippen molar-refractivity contribution >= 4 is 0 Å². The molecule has 0 heterocycles. The third-order valence-corrected chi connectivity index (χ3v) is 1.96. The molecule has 0 radical (unpaired) electrons. The summed E-state index contributed by atoms with van der Waals surface area (Å²) in [7, 11) is 0. The fourth-order valence-corrected chi connectivity index (χ4v) is 0.925. The van der Waals surface area contributed by atoms with Crippen molar-refractivity contribution < 1.29 is 5.11 Å². The predicted molar refractivity (Wildman–Crippen MR) is 53.1 cm³/mol. The molecule has 0 aromatic carbocycles. The summed E-state index contributed by atoms with van der Waals surface area (Å²) in [6.07, 6.45) is 5.74. The molecule has 12 heavy (non-hydrogen) atoms. The molecule has 0 rings (SSSR count). The van der Waals surface area contributed by atoms with Gasteiger partial charge in [-0.3, -0.25) is 0 Å². The molecule has 3 N–H and O–H groups in total. The lowest BCUT2D eigenvalue weighted by Gasteiger charge is -2.06. The second kappa shape index (κ2) is 7.17. The molecule has 0 spiro atoms. The maximum atomic E-state index is 9.34. The summed E-state index contributed by atoms with van der Waals surface area (Å²) in [5.41, 5.74) is 5.46. The first-order chi connectivity index (χ1) is 5.70. The van der Waals surface area contributed by atoms with Crippen molar-refractivity contribution in [3.63, 3.8) is 0 Å². The van der Waals surface area contributed by atoms with Crippen LogP contribution in [0.15, 0.2) is 11.8 Å². The Labute approximate surface area is 75.5 Å². The smallest absolute Gasteiger partial charge is 0.0882 e. The van der Waals surface area contributed by atoms with Gasteiger partial charge in [0, 0.05) is 6.42 Å². The highest BCUT2D eigenvalue weighted by atomic mass is 16.3. The van der Waals surface area contributed by atoms with Crippen LogP contribution in [0.5, 0.6) is 0 Å². The fraction of sp³-hybridized carbons (Fsp3) is 0.800. The minimum atomic E-state index is 0.516. The van der Waals surface area contributed by atoms with Gasteiger partial charge in [0.25, 0.3) is 0 Å². The van der Waals surface area contributed by atoms with E-state index in [9.17, 15) is 5.11 Å². The monoisotopic (exact) mass is 171 g/mol. The van der Waals surface area contributed by atoms with E-state index in [0.717, 1.165) is 25.7 Å². The lowest BCUT2D eigenvalue weighted by molar-refractivity contribution is 0.366. The molecule has 0 saturated heterocycles. The van der Waals surface area contributed by atoms with E-state index in [0.29, 0.717) is 18.2 Å². The van der Waals surface area contributed by atoms with E-state index in [1.54, 1.807) is 0 Å². The predicted octanol–water partition coefficient (Wildman–Crippen LogP) is 2.60. The van der Waals surface area contributed by atoms with E-state index in [-0.39, 0.29) is 0 Å². The van der Waals surface area contributed by atoms with Gasteiger partial charge in [0.2, 0.25) is 0 Å². The van der Waals surface area contributed by atoms with E-state index < -0.39 is 0 Å². The first-order valence-electron chi connectivity index (χ1n) is 4.78. The standard InChI is InChI=1S/C10H21NO/c1-3-4-5-10(12)7-6-9(2)8-11/h5,9,12H,3-4,6-8,11H2,1-2H3/b10-5+. The normalized spacial score (nSPS) is 14.8. The Balaban J connectivity index is 3.48. The number of unbranched alkanes of at least 4 members (excludes halogenated alkanes) is 1. The molecule has 2 nitrogen and oxygen atoms in total. The molecule has 0 aromatic heterocycles. The number of nitrogens with two attached hydrogens (primary N) is 1. The molecule has 0 aromatic rings. The van der Waals surface area contributed by atoms with Crippen molar-refractivity contribution in [2.45, 2.75) is 39.5 Å². The summed E-state index contributed by atoms with van der Waals surface area (Å²) in [6.45, 7) is 4.92. The largest absolute Gasteiger partial charge is 0.513 e. The number of allylic oxidation sites excluding steroid dienone is 2. The van der Waals surface area contributed by atoms with E-state index >= 15 is 0 Å². The molecule has 0 aliphatic heterocycles. The van der Waals surface area contributed by atoms with Crippen molar-refractivity contribution in [2.24, 2.45) is 11.7 Å². The minimum absolute atomic E-state index is 0.516. The Morgan fingerprint density at radius 2 is 2.25 bits per heavy atom. The van der Waals surface area contributed by atoms with Gasteiger partial charge >= 0.3 is 0 Å². The van der Waals surface area contributed by atoms with Gasteiger partial charge in [-0.15, -0.1) is 0 Å². The number of aliphatic hydroxyl groups excluding tert-OH is 1. The third-order valence-electron chi connectivity index (χ3n) is 1.96. The highest BCUT2D eigenvalue weighted by Gasteiger charge is 2.00. The van der Waals surface area contributed by atoms with Gasteiger partial charge in [-0.05, 0) is 31.4 Å². The topological polar surface area (TPSA) is 46.2 Å². The summed E-state index contributed by atoms with van der Waals surface area (Å²) in [6, 6.07) is 0. The van der Waals surface area contributed by atoms with Crippen molar-refractivity contribution in [1.82, 2.24) is 0 Å². The van der Waals surface area contributed by atoms with Gasteiger partial charge in [-0.25, -0.2) is 0 Å². The molecule has 72 valence electrons. The number of rotatable bonds is 6. The Bertz CT molecular complexity index is 132. The van der Waals surface area contributed by atoms with Crippen LogP contribution in [0.25, 0.3) is 0 Å². The van der Waals surface area contributed by atoms with Crippen LogP contribution >= 0.6 is 0 Å². The zero-order chi connectivity index (χ0) is 9.40. The molecule has 0 aliphatic carbocycles. The summed E-state index contributed by atoms with van der Waals surface area (Å²) in [4.78, 5) is 0. The minimum Gasteiger partial charge on any atom is -0.513 e. The Kier molecular flexibility index (Phi) is 6.87. The zero-order valence-corrected chi connectivity index (χ0v) is 8.21. The Hall–Kier alpha value is -0.500. The van der Waals surface area contributed by atoms with E-state index in [2.05, 4.69) is 13.8 Å². The van der Waals surface area contributed by atoms with Gasteiger partial charge < -0.3 is 10.8 Å². The number of hydrogen-bond acceptors (Lipinski definition) is 2. The molecule has 1 unspecified atom stereocenters. The molecule has 0 aliphatic rings. The molecule has 0 saturated carbocycles. The van der Waals surface area contributed by atoms with Gasteiger partial charge in [0.05, 0.1) is 5.76 Å². The van der Waals surface area contributed by atoms with Crippen molar-refractivity contribution in [3.8, 4) is 0 Å². The van der Waals surface area contributed by atoms with Gasteiger partial charge in [0.1, 0.15) is 0 Å². The average Bonchev–Trinajstić information content (AvgIpc) is 2.10. The van der Waals surface area contributed by atoms with Crippen LogP contribution in [0, 0.1) is 5.92 Å². The number of hydrogen-bond donors (Lipinski definition) is 2. The summed E-state index contributed by atoms with van der Waals surface area (Å²) >= 11 is 0. The van der Waals surface area contributed by atoms with Crippen LogP contribution in [-0.2, 0) is 0 Å². The van der Waals surface area contributed by atoms with E-state index in [4.69, 9.17) is 5.73 Å². The quantitative estimate of drug-likeness (QED) is 0.603. The lowest BCUT2D eigenvalue weighted by atomic mass is 10.0. The lowest BCUT2D eigenvalue weighted by Crippen LogP contribution is -2.10. The number of aliphatic hydroxyl groups is 1. The molecular weight excluding hydrogens is 150 g/mol. The van der Waals surface area contributed by atoms with Crippen LogP contribution in [-0.4, -0.2) is 11.7 Å². The van der Waals surface area contributed by atoms with Crippen LogP contribution in [0.1, 0.15) is 39.5 Å². The summed E-state index contributed by atoms with van der Waals surface area (Å²) in [5.74, 6) is 1.04. The van der Waals surface area contributed by atoms with Gasteiger partial charge in [0.15, 0.2) is 0 Å². The molecule has 1 atom stereocenters. The second-order valence-corrected chi connectivity index (χ2v) is 3.36. The summed E-state index contributed by atoms with van der Waals surface area (Å²) < 4.78 is 0. The molecule has 0 bridgehead atoms. The first-order valence-corrected chi connectivity index (χ1v) is 4.78. The Morgan fingerprint density at radius 3 is 2.75 bits per heavy atom. The van der Waals surface area contributed by atoms with Crippen molar-refractivity contribution in [3.05, 3.63) is 11.8 Å².